The number of nitrogens with zero attached hydrogens (tertiary/aromatic N) is 1. The molecular formula is C9H17NO3S. The zero-order valence-corrected chi connectivity index (χ0v) is 9.26. The van der Waals surface area contributed by atoms with E-state index >= 15 is 0 Å². The van der Waals surface area contributed by atoms with Gasteiger partial charge in [-0.05, 0) is 19.4 Å². The van der Waals surface area contributed by atoms with E-state index in [4.69, 9.17) is 5.11 Å². The quantitative estimate of drug-likeness (QED) is 0.742. The first-order valence-electron chi connectivity index (χ1n) is 4.97. The fourth-order valence-corrected chi connectivity index (χ4v) is 2.86. The molecule has 5 heteroatoms. The van der Waals surface area contributed by atoms with Crippen molar-refractivity contribution in [2.75, 3.05) is 24.6 Å². The van der Waals surface area contributed by atoms with Gasteiger partial charge in [0.05, 0.1) is 0 Å². The molecule has 2 unspecified atom stereocenters. The molecule has 1 fully saturated rings. The van der Waals surface area contributed by atoms with Crippen LogP contribution in [0.5, 0.6) is 0 Å². The molecule has 14 heavy (non-hydrogen) atoms. The van der Waals surface area contributed by atoms with Gasteiger partial charge in [0, 0.05) is 28.9 Å². The van der Waals surface area contributed by atoms with Crippen LogP contribution in [0.15, 0.2) is 0 Å². The molecule has 1 heterocycles. The smallest absolute Gasteiger partial charge is 0.320 e. The Hall–Kier alpha value is -0.420. The molecule has 0 amide bonds. The van der Waals surface area contributed by atoms with E-state index in [9.17, 15) is 9.00 Å². The summed E-state index contributed by atoms with van der Waals surface area (Å²) in [5.41, 5.74) is 0. The summed E-state index contributed by atoms with van der Waals surface area (Å²) in [6.45, 7) is 3.29. The summed E-state index contributed by atoms with van der Waals surface area (Å²) in [6.07, 6.45) is 1.46. The lowest BCUT2D eigenvalue weighted by Gasteiger charge is -2.25. The third-order valence-corrected chi connectivity index (χ3v) is 3.92. The molecule has 0 bridgehead atoms. The van der Waals surface area contributed by atoms with Gasteiger partial charge in [0.25, 0.3) is 0 Å². The number of carbonyl (C=O) groups is 1. The second kappa shape index (κ2) is 5.46. The average Bonchev–Trinajstić information content (AvgIpc) is 2.32. The van der Waals surface area contributed by atoms with E-state index in [1.165, 1.54) is 0 Å². The van der Waals surface area contributed by atoms with Gasteiger partial charge >= 0.3 is 5.97 Å². The van der Waals surface area contributed by atoms with Gasteiger partial charge in [-0.3, -0.25) is 13.9 Å². The summed E-state index contributed by atoms with van der Waals surface area (Å²) in [5.74, 6) is 0.566. The standard InChI is InChI=1S/C9H17NO3S/c1-2-8(9(11)12)10-4-3-6-14(13)7-5-10/h8H,2-7H2,1H3,(H,11,12). The number of aliphatic carboxylic acids is 1. The molecule has 0 aromatic rings. The lowest BCUT2D eigenvalue weighted by Crippen LogP contribution is -2.42. The normalized spacial score (nSPS) is 26.8. The Morgan fingerprint density at radius 2 is 2.21 bits per heavy atom. The minimum Gasteiger partial charge on any atom is -0.480 e. The molecule has 0 radical (unpaired) electrons. The van der Waals surface area contributed by atoms with Gasteiger partial charge in [-0.25, -0.2) is 0 Å². The molecule has 1 N–H and O–H groups in total. The summed E-state index contributed by atoms with van der Waals surface area (Å²) < 4.78 is 11.2. The van der Waals surface area contributed by atoms with Crippen LogP contribution >= 0.6 is 0 Å². The van der Waals surface area contributed by atoms with Crippen LogP contribution in [0.4, 0.5) is 0 Å². The molecule has 1 saturated heterocycles. The molecule has 1 aliphatic rings. The minimum absolute atomic E-state index is 0.398. The van der Waals surface area contributed by atoms with Gasteiger partial charge in [-0.2, -0.15) is 0 Å². The third kappa shape index (κ3) is 3.06. The molecule has 2 atom stereocenters. The van der Waals surface area contributed by atoms with Crippen LogP contribution in [0.3, 0.4) is 0 Å². The highest BCUT2D eigenvalue weighted by atomic mass is 32.2. The Balaban J connectivity index is 2.57. The first kappa shape index (κ1) is 11.7. The Labute approximate surface area is 86.7 Å². The van der Waals surface area contributed by atoms with Gasteiger partial charge in [-0.15, -0.1) is 0 Å². The maximum Gasteiger partial charge on any atom is 0.320 e. The molecule has 1 aliphatic heterocycles. The SMILES string of the molecule is CCC(C(=O)O)N1CCCS(=O)CC1. The second-order valence-corrected chi connectivity index (χ2v) is 5.20. The molecule has 0 spiro atoms. The van der Waals surface area contributed by atoms with Crippen LogP contribution in [0.2, 0.25) is 0 Å². The Bertz CT molecular complexity index is 232. The van der Waals surface area contributed by atoms with Crippen molar-refractivity contribution in [2.45, 2.75) is 25.8 Å². The fourth-order valence-electron chi connectivity index (χ4n) is 1.76. The van der Waals surface area contributed by atoms with Gasteiger partial charge in [0.2, 0.25) is 0 Å². The van der Waals surface area contributed by atoms with Crippen molar-refractivity contribution in [3.63, 3.8) is 0 Å². The molecule has 82 valence electrons. The molecule has 0 aromatic heterocycles. The largest absolute Gasteiger partial charge is 0.480 e. The topological polar surface area (TPSA) is 57.6 Å². The highest BCUT2D eigenvalue weighted by Gasteiger charge is 2.25. The predicted octanol–water partition coefficient (Wildman–Crippen LogP) is 0.304. The van der Waals surface area contributed by atoms with E-state index in [0.29, 0.717) is 24.5 Å². The first-order valence-corrected chi connectivity index (χ1v) is 6.45. The van der Waals surface area contributed by atoms with Crippen molar-refractivity contribution < 1.29 is 14.1 Å². The maximum absolute atomic E-state index is 11.2. The number of hydrogen-bond acceptors (Lipinski definition) is 3. The average molecular weight is 219 g/mol. The van der Waals surface area contributed by atoms with Crippen molar-refractivity contribution in [3.8, 4) is 0 Å². The third-order valence-electron chi connectivity index (χ3n) is 2.54. The zero-order chi connectivity index (χ0) is 10.6. The van der Waals surface area contributed by atoms with Gasteiger partial charge in [-0.1, -0.05) is 6.92 Å². The van der Waals surface area contributed by atoms with Crippen molar-refractivity contribution in [3.05, 3.63) is 0 Å². The van der Waals surface area contributed by atoms with Gasteiger partial charge in [0.15, 0.2) is 0 Å². The molecule has 1 rings (SSSR count). The van der Waals surface area contributed by atoms with Crippen LogP contribution in [-0.2, 0) is 15.6 Å². The van der Waals surface area contributed by atoms with Gasteiger partial charge in [0.1, 0.15) is 6.04 Å². The molecule has 0 aliphatic carbocycles. The Morgan fingerprint density at radius 1 is 1.50 bits per heavy atom. The van der Waals surface area contributed by atoms with Gasteiger partial charge < -0.3 is 5.11 Å². The monoisotopic (exact) mass is 219 g/mol. The molecular weight excluding hydrogens is 202 g/mol. The zero-order valence-electron chi connectivity index (χ0n) is 8.44. The number of carboxylic acids is 1. The van der Waals surface area contributed by atoms with Crippen molar-refractivity contribution in [1.29, 1.82) is 0 Å². The van der Waals surface area contributed by atoms with Crippen molar-refractivity contribution >= 4 is 16.8 Å². The lowest BCUT2D eigenvalue weighted by atomic mass is 10.2. The van der Waals surface area contributed by atoms with Crippen LogP contribution in [0, 0.1) is 0 Å². The summed E-state index contributed by atoms with van der Waals surface area (Å²) in [6, 6.07) is -0.398. The van der Waals surface area contributed by atoms with E-state index in [1.807, 2.05) is 11.8 Å². The van der Waals surface area contributed by atoms with E-state index in [-0.39, 0.29) is 0 Å². The van der Waals surface area contributed by atoms with E-state index < -0.39 is 22.8 Å². The Kier molecular flexibility index (Phi) is 4.54. The van der Waals surface area contributed by atoms with Crippen LogP contribution in [0.1, 0.15) is 19.8 Å². The lowest BCUT2D eigenvalue weighted by molar-refractivity contribution is -0.143. The van der Waals surface area contributed by atoms with Crippen molar-refractivity contribution in [1.82, 2.24) is 4.90 Å². The second-order valence-electron chi connectivity index (χ2n) is 3.50. The minimum atomic E-state index is -0.764. The molecule has 4 nitrogen and oxygen atoms in total. The summed E-state index contributed by atoms with van der Waals surface area (Å²) >= 11 is 0. The van der Waals surface area contributed by atoms with E-state index in [1.54, 1.807) is 0 Å². The highest BCUT2D eigenvalue weighted by Crippen LogP contribution is 2.09. The fraction of sp³-hybridized carbons (Fsp3) is 0.889. The number of hydrogen-bond donors (Lipinski definition) is 1. The molecule has 0 saturated carbocycles. The summed E-state index contributed by atoms with van der Waals surface area (Å²) in [7, 11) is -0.745. The summed E-state index contributed by atoms with van der Waals surface area (Å²) in [5, 5.41) is 8.97. The van der Waals surface area contributed by atoms with Crippen molar-refractivity contribution in [2.24, 2.45) is 0 Å². The predicted molar refractivity (Wildman–Crippen MR) is 55.8 cm³/mol. The maximum atomic E-state index is 11.2. The summed E-state index contributed by atoms with van der Waals surface area (Å²) in [4.78, 5) is 12.8. The first-order chi connectivity index (χ1) is 6.65. The highest BCUT2D eigenvalue weighted by molar-refractivity contribution is 7.85. The Morgan fingerprint density at radius 3 is 2.79 bits per heavy atom. The van der Waals surface area contributed by atoms with E-state index in [2.05, 4.69) is 0 Å². The van der Waals surface area contributed by atoms with Crippen LogP contribution in [-0.4, -0.2) is 50.8 Å². The number of rotatable bonds is 3. The number of carboxylic acid groups (broad SMARTS) is 1. The van der Waals surface area contributed by atoms with E-state index in [0.717, 1.165) is 13.0 Å². The van der Waals surface area contributed by atoms with Crippen LogP contribution < -0.4 is 0 Å². The molecule has 0 aromatic carbocycles. The van der Waals surface area contributed by atoms with Crippen LogP contribution in [0.25, 0.3) is 0 Å².